The van der Waals surface area contributed by atoms with Gasteiger partial charge in [0.25, 0.3) is 5.91 Å². The van der Waals surface area contributed by atoms with Gasteiger partial charge in [0.05, 0.1) is 12.3 Å². The topological polar surface area (TPSA) is 115 Å². The third kappa shape index (κ3) is 6.68. The number of anilines is 1. The van der Waals surface area contributed by atoms with Gasteiger partial charge in [-0.25, -0.2) is 4.39 Å². The summed E-state index contributed by atoms with van der Waals surface area (Å²) in [6.45, 7) is 4.05. The Balaban J connectivity index is 1.48. The monoisotopic (exact) mass is 543 g/mol. The molecular weight excluding hydrogens is 521 g/mol. The molecule has 2 heterocycles. The molecule has 4 aromatic rings. The Hall–Kier alpha value is -3.29. The summed E-state index contributed by atoms with van der Waals surface area (Å²) >= 11 is 4.10. The highest BCUT2D eigenvalue weighted by atomic mass is 32.2. The molecule has 0 saturated heterocycles. The largest absolute Gasteiger partial charge is 0.345 e. The van der Waals surface area contributed by atoms with Gasteiger partial charge in [0, 0.05) is 11.3 Å². The molecule has 0 saturated carbocycles. The van der Waals surface area contributed by atoms with Gasteiger partial charge in [0.2, 0.25) is 11.0 Å². The third-order valence-corrected chi connectivity index (χ3v) is 7.49. The Kier molecular flexibility index (Phi) is 8.67. The van der Waals surface area contributed by atoms with Gasteiger partial charge in [0.1, 0.15) is 5.82 Å². The Morgan fingerprint density at radius 1 is 1.06 bits per heavy atom. The first-order valence-corrected chi connectivity index (χ1v) is 13.7. The Labute approximate surface area is 219 Å². The SMILES string of the molecule is CCSc1nnc(NC(=O)CSc2nnc(CNC(=O)c3cccc(F)c3)n2-c2cccc(C)c2)s1. The maximum absolute atomic E-state index is 13.5. The molecule has 0 atom stereocenters. The predicted molar refractivity (Wildman–Crippen MR) is 139 cm³/mol. The summed E-state index contributed by atoms with van der Waals surface area (Å²) in [5.74, 6) is 0.256. The molecule has 0 radical (unpaired) electrons. The van der Waals surface area contributed by atoms with Crippen LogP contribution in [0.3, 0.4) is 0 Å². The molecule has 186 valence electrons. The van der Waals surface area contributed by atoms with E-state index >= 15 is 0 Å². The van der Waals surface area contributed by atoms with Crippen molar-refractivity contribution in [1.82, 2.24) is 30.3 Å². The number of nitrogens with one attached hydrogen (secondary N) is 2. The van der Waals surface area contributed by atoms with Crippen molar-refractivity contribution >= 4 is 51.8 Å². The molecular formula is C23H22FN7O2S3. The van der Waals surface area contributed by atoms with Gasteiger partial charge in [-0.1, -0.05) is 60.0 Å². The third-order valence-electron chi connectivity index (χ3n) is 4.71. The van der Waals surface area contributed by atoms with Crippen LogP contribution in [0.15, 0.2) is 58.0 Å². The van der Waals surface area contributed by atoms with Crippen molar-refractivity contribution < 1.29 is 14.0 Å². The van der Waals surface area contributed by atoms with Gasteiger partial charge >= 0.3 is 0 Å². The number of aryl methyl sites for hydroxylation is 1. The van der Waals surface area contributed by atoms with Crippen molar-refractivity contribution in [3.05, 3.63) is 71.3 Å². The summed E-state index contributed by atoms with van der Waals surface area (Å²) in [7, 11) is 0. The van der Waals surface area contributed by atoms with Gasteiger partial charge in [-0.2, -0.15) is 0 Å². The molecule has 0 unspecified atom stereocenters. The first kappa shape index (κ1) is 25.8. The van der Waals surface area contributed by atoms with E-state index in [2.05, 4.69) is 31.0 Å². The van der Waals surface area contributed by atoms with Crippen LogP contribution in [0.2, 0.25) is 0 Å². The van der Waals surface area contributed by atoms with E-state index in [9.17, 15) is 14.0 Å². The number of carbonyl (C=O) groups excluding carboxylic acids is 2. The van der Waals surface area contributed by atoms with Crippen molar-refractivity contribution in [3.8, 4) is 5.69 Å². The Morgan fingerprint density at radius 3 is 2.67 bits per heavy atom. The zero-order chi connectivity index (χ0) is 25.5. The minimum Gasteiger partial charge on any atom is -0.345 e. The molecule has 9 nitrogen and oxygen atoms in total. The quantitative estimate of drug-likeness (QED) is 0.224. The molecule has 2 N–H and O–H groups in total. The first-order valence-electron chi connectivity index (χ1n) is 10.9. The highest BCUT2D eigenvalue weighted by Gasteiger charge is 2.18. The number of thioether (sulfide) groups is 2. The lowest BCUT2D eigenvalue weighted by Crippen LogP contribution is -2.24. The molecule has 36 heavy (non-hydrogen) atoms. The highest BCUT2D eigenvalue weighted by molar-refractivity contribution is 8.01. The summed E-state index contributed by atoms with van der Waals surface area (Å²) in [6.07, 6.45) is 0. The molecule has 0 fully saturated rings. The highest BCUT2D eigenvalue weighted by Crippen LogP contribution is 2.26. The van der Waals surface area contributed by atoms with Crippen LogP contribution >= 0.6 is 34.9 Å². The van der Waals surface area contributed by atoms with Crippen LogP contribution in [0.5, 0.6) is 0 Å². The van der Waals surface area contributed by atoms with Crippen LogP contribution in [0.25, 0.3) is 5.69 Å². The van der Waals surface area contributed by atoms with Crippen LogP contribution in [0.4, 0.5) is 9.52 Å². The predicted octanol–water partition coefficient (Wildman–Crippen LogP) is 4.34. The lowest BCUT2D eigenvalue weighted by atomic mass is 10.2. The molecule has 4 rings (SSSR count). The molecule has 2 aromatic heterocycles. The zero-order valence-electron chi connectivity index (χ0n) is 19.4. The van der Waals surface area contributed by atoms with Gasteiger partial charge in [-0.3, -0.25) is 19.5 Å². The van der Waals surface area contributed by atoms with E-state index in [-0.39, 0.29) is 23.8 Å². The fourth-order valence-electron chi connectivity index (χ4n) is 3.15. The van der Waals surface area contributed by atoms with Crippen LogP contribution in [0, 0.1) is 12.7 Å². The first-order chi connectivity index (χ1) is 17.4. The molecule has 13 heteroatoms. The maximum Gasteiger partial charge on any atom is 0.251 e. The van der Waals surface area contributed by atoms with Crippen molar-refractivity contribution in [3.63, 3.8) is 0 Å². The lowest BCUT2D eigenvalue weighted by molar-refractivity contribution is -0.113. The van der Waals surface area contributed by atoms with E-state index in [1.165, 1.54) is 47.4 Å². The number of halogens is 1. The van der Waals surface area contributed by atoms with Gasteiger partial charge in [-0.05, 0) is 48.6 Å². The molecule has 0 spiro atoms. The number of nitrogens with zero attached hydrogens (tertiary/aromatic N) is 5. The minimum atomic E-state index is -0.489. The van der Waals surface area contributed by atoms with Crippen LogP contribution in [-0.2, 0) is 11.3 Å². The second-order valence-electron chi connectivity index (χ2n) is 7.41. The van der Waals surface area contributed by atoms with Crippen molar-refractivity contribution in [1.29, 1.82) is 0 Å². The van der Waals surface area contributed by atoms with Crippen LogP contribution in [0.1, 0.15) is 28.7 Å². The number of hydrogen-bond acceptors (Lipinski definition) is 9. The van der Waals surface area contributed by atoms with Gasteiger partial charge < -0.3 is 5.32 Å². The Morgan fingerprint density at radius 2 is 1.89 bits per heavy atom. The van der Waals surface area contributed by atoms with Gasteiger partial charge in [-0.15, -0.1) is 20.4 Å². The van der Waals surface area contributed by atoms with E-state index in [0.717, 1.165) is 21.3 Å². The van der Waals surface area contributed by atoms with E-state index < -0.39 is 11.7 Å². The molecule has 0 bridgehead atoms. The second kappa shape index (κ2) is 12.1. The zero-order valence-corrected chi connectivity index (χ0v) is 21.8. The summed E-state index contributed by atoms with van der Waals surface area (Å²) in [4.78, 5) is 25.0. The normalized spacial score (nSPS) is 10.9. The average Bonchev–Trinajstić information content (AvgIpc) is 3.48. The summed E-state index contributed by atoms with van der Waals surface area (Å²) in [5.41, 5.74) is 2.03. The molecule has 0 aliphatic carbocycles. The van der Waals surface area contributed by atoms with Crippen LogP contribution in [-0.4, -0.2) is 48.3 Å². The number of amides is 2. The number of hydrogen-bond donors (Lipinski definition) is 2. The van der Waals surface area contributed by atoms with E-state index in [1.807, 2.05) is 38.1 Å². The van der Waals surface area contributed by atoms with E-state index in [1.54, 1.807) is 16.3 Å². The minimum absolute atomic E-state index is 0.0612. The summed E-state index contributed by atoms with van der Waals surface area (Å²) in [5, 5.41) is 23.0. The smallest absolute Gasteiger partial charge is 0.251 e. The maximum atomic E-state index is 13.5. The summed E-state index contributed by atoms with van der Waals surface area (Å²) in [6, 6.07) is 13.2. The molecule has 0 aliphatic heterocycles. The second-order valence-corrected chi connectivity index (χ2v) is 10.8. The number of rotatable bonds is 10. The van der Waals surface area contributed by atoms with E-state index in [0.29, 0.717) is 16.1 Å². The van der Waals surface area contributed by atoms with Gasteiger partial charge in [0.15, 0.2) is 15.3 Å². The fourth-order valence-corrected chi connectivity index (χ4v) is 5.59. The van der Waals surface area contributed by atoms with E-state index in [4.69, 9.17) is 0 Å². The fraction of sp³-hybridized carbons (Fsp3) is 0.217. The van der Waals surface area contributed by atoms with Crippen molar-refractivity contribution in [2.75, 3.05) is 16.8 Å². The van der Waals surface area contributed by atoms with Crippen LogP contribution < -0.4 is 10.6 Å². The molecule has 0 aliphatic rings. The van der Waals surface area contributed by atoms with Crippen molar-refractivity contribution in [2.45, 2.75) is 29.9 Å². The lowest BCUT2D eigenvalue weighted by Gasteiger charge is -2.11. The number of aromatic nitrogens is 5. The molecule has 2 aromatic carbocycles. The summed E-state index contributed by atoms with van der Waals surface area (Å²) < 4.78 is 16.1. The van der Waals surface area contributed by atoms with Crippen molar-refractivity contribution in [2.24, 2.45) is 0 Å². The number of carbonyl (C=O) groups is 2. The molecule has 2 amide bonds. The Bertz CT molecular complexity index is 1380. The standard InChI is InChI=1S/C23H22FN7O2S3/c1-3-34-23-30-28-21(36-23)26-19(32)13-35-22-29-27-18(31(22)17-9-4-6-14(2)10-17)12-25-20(33)15-7-5-8-16(24)11-15/h4-11H,3,12-13H2,1-2H3,(H,25,33)(H,26,28,32). The average molecular weight is 544 g/mol. The number of benzene rings is 2.